The van der Waals surface area contributed by atoms with Crippen LogP contribution in [0.25, 0.3) is 0 Å². The Morgan fingerprint density at radius 1 is 1.05 bits per heavy atom. The van der Waals surface area contributed by atoms with E-state index < -0.39 is 0 Å². The van der Waals surface area contributed by atoms with Crippen molar-refractivity contribution in [2.24, 2.45) is 0 Å². The summed E-state index contributed by atoms with van der Waals surface area (Å²) in [6.45, 7) is 3.02. The monoisotopic (exact) mass is 291 g/mol. The highest BCUT2D eigenvalue weighted by molar-refractivity contribution is 6.17. The molecule has 0 aromatic heterocycles. The van der Waals surface area contributed by atoms with Crippen LogP contribution in [0.15, 0.2) is 48.5 Å². The van der Waals surface area contributed by atoms with Crippen LogP contribution in [0.1, 0.15) is 25.3 Å². The predicted octanol–water partition coefficient (Wildman–Crippen LogP) is 5.50. The summed E-state index contributed by atoms with van der Waals surface area (Å²) >= 11 is 5.84. The summed E-state index contributed by atoms with van der Waals surface area (Å²) in [4.78, 5) is 2.14. The maximum Gasteiger partial charge on any atom is 0.125 e. The maximum absolute atomic E-state index is 13.7. The number of para-hydroxylation sites is 1. The first kappa shape index (κ1) is 14.9. The Hall–Kier alpha value is -1.54. The minimum atomic E-state index is -0.240. The molecular formula is C17H19ClFN. The van der Waals surface area contributed by atoms with Crippen LogP contribution in [-0.2, 0) is 5.88 Å². The van der Waals surface area contributed by atoms with Crippen LogP contribution in [0, 0.1) is 5.82 Å². The van der Waals surface area contributed by atoms with Gasteiger partial charge in [0.1, 0.15) is 5.82 Å². The van der Waals surface area contributed by atoms with E-state index in [-0.39, 0.29) is 5.82 Å². The molecule has 0 fully saturated rings. The second-order valence-electron chi connectivity index (χ2n) is 4.79. The lowest BCUT2D eigenvalue weighted by atomic mass is 10.1. The minimum Gasteiger partial charge on any atom is -0.341 e. The SMILES string of the molecule is CCCCN(c1ccccc1)c1cc(F)cc(CCl)c1. The topological polar surface area (TPSA) is 3.24 Å². The van der Waals surface area contributed by atoms with E-state index in [1.165, 1.54) is 6.07 Å². The fourth-order valence-electron chi connectivity index (χ4n) is 2.20. The molecule has 0 heterocycles. The van der Waals surface area contributed by atoms with Gasteiger partial charge in [-0.05, 0) is 42.3 Å². The van der Waals surface area contributed by atoms with Crippen molar-refractivity contribution < 1.29 is 4.39 Å². The number of unbranched alkanes of at least 4 members (excludes halogenated alkanes) is 1. The van der Waals surface area contributed by atoms with E-state index >= 15 is 0 Å². The Labute approximate surface area is 125 Å². The zero-order valence-corrected chi connectivity index (χ0v) is 12.4. The van der Waals surface area contributed by atoms with E-state index in [1.54, 1.807) is 6.07 Å². The summed E-state index contributed by atoms with van der Waals surface area (Å²) in [6.07, 6.45) is 2.16. The minimum absolute atomic E-state index is 0.240. The van der Waals surface area contributed by atoms with Gasteiger partial charge in [0.15, 0.2) is 0 Å². The Balaban J connectivity index is 2.38. The lowest BCUT2D eigenvalue weighted by Gasteiger charge is -2.25. The highest BCUT2D eigenvalue weighted by Gasteiger charge is 2.10. The quantitative estimate of drug-likeness (QED) is 0.635. The molecule has 0 radical (unpaired) electrons. The van der Waals surface area contributed by atoms with Crippen LogP contribution in [0.2, 0.25) is 0 Å². The summed E-state index contributed by atoms with van der Waals surface area (Å²) in [7, 11) is 0. The maximum atomic E-state index is 13.7. The summed E-state index contributed by atoms with van der Waals surface area (Å²) in [6, 6.07) is 15.1. The van der Waals surface area contributed by atoms with E-state index in [9.17, 15) is 4.39 Å². The average molecular weight is 292 g/mol. The standard InChI is InChI=1S/C17H19ClFN/c1-2-3-9-20(16-7-5-4-6-8-16)17-11-14(13-18)10-15(19)12-17/h4-8,10-12H,2-3,9,13H2,1H3. The van der Waals surface area contributed by atoms with Gasteiger partial charge in [0.05, 0.1) is 0 Å². The van der Waals surface area contributed by atoms with Crippen LogP contribution in [-0.4, -0.2) is 6.54 Å². The first-order valence-electron chi connectivity index (χ1n) is 6.92. The van der Waals surface area contributed by atoms with Crippen molar-refractivity contribution in [3.8, 4) is 0 Å². The van der Waals surface area contributed by atoms with Crippen molar-refractivity contribution in [3.05, 3.63) is 59.9 Å². The second-order valence-corrected chi connectivity index (χ2v) is 5.06. The Morgan fingerprint density at radius 3 is 2.45 bits per heavy atom. The lowest BCUT2D eigenvalue weighted by Crippen LogP contribution is -2.18. The van der Waals surface area contributed by atoms with Crippen LogP contribution >= 0.6 is 11.6 Å². The van der Waals surface area contributed by atoms with Gasteiger partial charge in [0.2, 0.25) is 0 Å². The van der Waals surface area contributed by atoms with Crippen molar-refractivity contribution in [1.82, 2.24) is 0 Å². The zero-order chi connectivity index (χ0) is 14.4. The molecule has 106 valence electrons. The van der Waals surface area contributed by atoms with Crippen molar-refractivity contribution in [1.29, 1.82) is 0 Å². The van der Waals surface area contributed by atoms with Gasteiger partial charge in [-0.3, -0.25) is 0 Å². The number of benzene rings is 2. The fraction of sp³-hybridized carbons (Fsp3) is 0.294. The first-order chi connectivity index (χ1) is 9.74. The van der Waals surface area contributed by atoms with E-state index in [2.05, 4.69) is 11.8 Å². The molecule has 0 atom stereocenters. The fourth-order valence-corrected chi connectivity index (χ4v) is 2.35. The van der Waals surface area contributed by atoms with E-state index in [4.69, 9.17) is 11.6 Å². The number of hydrogen-bond donors (Lipinski definition) is 0. The largest absolute Gasteiger partial charge is 0.341 e. The van der Waals surface area contributed by atoms with Gasteiger partial charge in [0, 0.05) is 23.8 Å². The van der Waals surface area contributed by atoms with E-state index in [0.717, 1.165) is 36.3 Å². The van der Waals surface area contributed by atoms with Crippen molar-refractivity contribution in [2.75, 3.05) is 11.4 Å². The summed E-state index contributed by atoms with van der Waals surface area (Å²) < 4.78 is 13.7. The van der Waals surface area contributed by atoms with Gasteiger partial charge >= 0.3 is 0 Å². The van der Waals surface area contributed by atoms with Gasteiger partial charge in [-0.2, -0.15) is 0 Å². The lowest BCUT2D eigenvalue weighted by molar-refractivity contribution is 0.625. The summed E-state index contributed by atoms with van der Waals surface area (Å²) in [5.74, 6) is 0.0804. The van der Waals surface area contributed by atoms with Crippen LogP contribution < -0.4 is 4.90 Å². The van der Waals surface area contributed by atoms with Crippen LogP contribution in [0.4, 0.5) is 15.8 Å². The average Bonchev–Trinajstić information content (AvgIpc) is 2.48. The molecule has 2 rings (SSSR count). The number of hydrogen-bond acceptors (Lipinski definition) is 1. The molecular weight excluding hydrogens is 273 g/mol. The highest BCUT2D eigenvalue weighted by Crippen LogP contribution is 2.28. The molecule has 1 nitrogen and oxygen atoms in total. The number of nitrogens with zero attached hydrogens (tertiary/aromatic N) is 1. The van der Waals surface area contributed by atoms with E-state index in [1.807, 2.05) is 36.4 Å². The number of halogens is 2. The van der Waals surface area contributed by atoms with Crippen LogP contribution in [0.3, 0.4) is 0 Å². The normalized spacial score (nSPS) is 10.6. The van der Waals surface area contributed by atoms with Gasteiger partial charge in [0.25, 0.3) is 0 Å². The molecule has 0 N–H and O–H groups in total. The van der Waals surface area contributed by atoms with E-state index in [0.29, 0.717) is 5.88 Å². The third-order valence-electron chi connectivity index (χ3n) is 3.21. The third kappa shape index (κ3) is 3.73. The molecule has 2 aromatic carbocycles. The summed E-state index contributed by atoms with van der Waals surface area (Å²) in [5, 5.41) is 0. The van der Waals surface area contributed by atoms with Gasteiger partial charge in [-0.15, -0.1) is 11.6 Å². The molecule has 3 heteroatoms. The molecule has 0 aliphatic carbocycles. The molecule has 0 bridgehead atoms. The molecule has 20 heavy (non-hydrogen) atoms. The van der Waals surface area contributed by atoms with Crippen LogP contribution in [0.5, 0.6) is 0 Å². The number of rotatable bonds is 6. The van der Waals surface area contributed by atoms with Crippen molar-refractivity contribution in [3.63, 3.8) is 0 Å². The number of anilines is 2. The Morgan fingerprint density at radius 2 is 1.80 bits per heavy atom. The molecule has 0 saturated carbocycles. The molecule has 0 amide bonds. The van der Waals surface area contributed by atoms with Gasteiger partial charge in [-0.1, -0.05) is 31.5 Å². The first-order valence-corrected chi connectivity index (χ1v) is 7.46. The Kier molecular flexibility index (Phi) is 5.42. The summed E-state index contributed by atoms with van der Waals surface area (Å²) in [5.41, 5.74) is 2.74. The van der Waals surface area contributed by atoms with Crippen molar-refractivity contribution >= 4 is 23.0 Å². The Bertz CT molecular complexity index is 542. The molecule has 0 saturated heterocycles. The molecule has 0 unspecified atom stereocenters. The number of alkyl halides is 1. The highest BCUT2D eigenvalue weighted by atomic mass is 35.5. The molecule has 0 aliphatic rings. The molecule has 2 aromatic rings. The molecule has 0 aliphatic heterocycles. The predicted molar refractivity (Wildman–Crippen MR) is 84.3 cm³/mol. The third-order valence-corrected chi connectivity index (χ3v) is 3.52. The zero-order valence-electron chi connectivity index (χ0n) is 11.7. The van der Waals surface area contributed by atoms with Gasteiger partial charge < -0.3 is 4.90 Å². The molecule has 0 spiro atoms. The van der Waals surface area contributed by atoms with Crippen molar-refractivity contribution in [2.45, 2.75) is 25.6 Å². The van der Waals surface area contributed by atoms with Gasteiger partial charge in [-0.25, -0.2) is 4.39 Å². The smallest absolute Gasteiger partial charge is 0.125 e. The second kappa shape index (κ2) is 7.30.